The van der Waals surface area contributed by atoms with E-state index in [1.54, 1.807) is 0 Å². The molecule has 1 saturated carbocycles. The number of nitrogens with zero attached hydrogens (tertiary/aromatic N) is 1. The molecule has 1 aliphatic rings. The molecule has 2 unspecified atom stereocenters. The van der Waals surface area contributed by atoms with Crippen LogP contribution >= 0.6 is 0 Å². The molecule has 3 heteroatoms. The first-order valence-electron chi connectivity index (χ1n) is 8.30. The van der Waals surface area contributed by atoms with Gasteiger partial charge < -0.3 is 15.0 Å². The summed E-state index contributed by atoms with van der Waals surface area (Å²) in [5.41, 5.74) is 1.32. The number of benzene rings is 1. The fourth-order valence-electron chi connectivity index (χ4n) is 2.58. The van der Waals surface area contributed by atoms with Crippen molar-refractivity contribution in [3.63, 3.8) is 0 Å². The summed E-state index contributed by atoms with van der Waals surface area (Å²) >= 11 is 0. The van der Waals surface area contributed by atoms with Crippen LogP contribution in [0.4, 0.5) is 0 Å². The smallest absolute Gasteiger partial charge is 0.119 e. The van der Waals surface area contributed by atoms with Gasteiger partial charge in [-0.05, 0) is 56.0 Å². The first kappa shape index (κ1) is 16.3. The lowest BCUT2D eigenvalue weighted by molar-refractivity contribution is 0.230. The summed E-state index contributed by atoms with van der Waals surface area (Å²) in [5, 5.41) is 3.41. The van der Waals surface area contributed by atoms with Gasteiger partial charge in [0.1, 0.15) is 12.4 Å². The van der Waals surface area contributed by atoms with E-state index in [-0.39, 0.29) is 0 Å². The number of likely N-dealkylation sites (N-methyl/N-ethyl adjacent to an activating group) is 1. The Morgan fingerprint density at radius 1 is 1.29 bits per heavy atom. The Bertz CT molecular complexity index is 404. The van der Waals surface area contributed by atoms with Crippen LogP contribution in [0.15, 0.2) is 24.3 Å². The van der Waals surface area contributed by atoms with E-state index in [1.165, 1.54) is 24.9 Å². The maximum Gasteiger partial charge on any atom is 0.119 e. The van der Waals surface area contributed by atoms with Crippen LogP contribution in [-0.2, 0) is 6.54 Å². The minimum Gasteiger partial charge on any atom is -0.492 e. The van der Waals surface area contributed by atoms with Crippen LogP contribution in [0.25, 0.3) is 0 Å². The molecule has 0 spiro atoms. The highest BCUT2D eigenvalue weighted by atomic mass is 16.5. The third-order valence-electron chi connectivity index (χ3n) is 4.24. The Hall–Kier alpha value is -1.06. The Labute approximate surface area is 129 Å². The molecule has 3 nitrogen and oxygen atoms in total. The predicted octanol–water partition coefficient (Wildman–Crippen LogP) is 3.15. The van der Waals surface area contributed by atoms with Crippen LogP contribution in [0.3, 0.4) is 0 Å². The van der Waals surface area contributed by atoms with Crippen molar-refractivity contribution in [2.24, 2.45) is 11.8 Å². The molecule has 1 aromatic rings. The van der Waals surface area contributed by atoms with Gasteiger partial charge in [-0.1, -0.05) is 26.0 Å². The van der Waals surface area contributed by atoms with E-state index >= 15 is 0 Å². The van der Waals surface area contributed by atoms with Gasteiger partial charge in [-0.2, -0.15) is 0 Å². The lowest BCUT2D eigenvalue weighted by Gasteiger charge is -2.16. The van der Waals surface area contributed by atoms with Crippen molar-refractivity contribution in [3.8, 4) is 5.75 Å². The summed E-state index contributed by atoms with van der Waals surface area (Å²) in [6, 6.07) is 8.44. The molecule has 1 fully saturated rings. The van der Waals surface area contributed by atoms with Gasteiger partial charge in [-0.25, -0.2) is 0 Å². The number of hydrogen-bond acceptors (Lipinski definition) is 3. The van der Waals surface area contributed by atoms with Gasteiger partial charge >= 0.3 is 0 Å². The van der Waals surface area contributed by atoms with Crippen molar-refractivity contribution in [3.05, 3.63) is 29.8 Å². The maximum absolute atomic E-state index is 5.82. The number of rotatable bonds is 10. The van der Waals surface area contributed by atoms with Crippen LogP contribution in [-0.4, -0.2) is 38.2 Å². The Morgan fingerprint density at radius 3 is 2.62 bits per heavy atom. The largest absolute Gasteiger partial charge is 0.492 e. The van der Waals surface area contributed by atoms with E-state index in [0.717, 1.165) is 43.8 Å². The van der Waals surface area contributed by atoms with Crippen molar-refractivity contribution >= 4 is 0 Å². The van der Waals surface area contributed by atoms with Gasteiger partial charge in [0.05, 0.1) is 0 Å². The van der Waals surface area contributed by atoms with Crippen molar-refractivity contribution < 1.29 is 4.74 Å². The highest BCUT2D eigenvalue weighted by molar-refractivity contribution is 5.27. The van der Waals surface area contributed by atoms with Gasteiger partial charge in [0, 0.05) is 19.6 Å². The average molecular weight is 290 g/mol. The molecular formula is C18H30N2O. The van der Waals surface area contributed by atoms with Gasteiger partial charge in [-0.15, -0.1) is 0 Å². The average Bonchev–Trinajstić information content (AvgIpc) is 3.16. The zero-order valence-corrected chi connectivity index (χ0v) is 13.8. The fourth-order valence-corrected chi connectivity index (χ4v) is 2.58. The van der Waals surface area contributed by atoms with Crippen LogP contribution in [0.1, 0.15) is 32.3 Å². The van der Waals surface area contributed by atoms with Crippen LogP contribution in [0.2, 0.25) is 0 Å². The zero-order valence-electron chi connectivity index (χ0n) is 13.8. The second-order valence-electron chi connectivity index (χ2n) is 6.40. The third-order valence-corrected chi connectivity index (χ3v) is 4.24. The molecule has 1 N–H and O–H groups in total. The van der Waals surface area contributed by atoms with Crippen LogP contribution < -0.4 is 10.1 Å². The number of nitrogens with one attached hydrogen (secondary N) is 1. The predicted molar refractivity (Wildman–Crippen MR) is 88.7 cm³/mol. The third kappa shape index (κ3) is 6.06. The topological polar surface area (TPSA) is 24.5 Å². The van der Waals surface area contributed by atoms with Crippen molar-refractivity contribution in [2.75, 3.05) is 33.3 Å². The molecule has 0 bridgehead atoms. The van der Waals surface area contributed by atoms with Gasteiger partial charge in [0.25, 0.3) is 0 Å². The molecular weight excluding hydrogens is 260 g/mol. The van der Waals surface area contributed by atoms with Crippen LogP contribution in [0.5, 0.6) is 5.75 Å². The monoisotopic (exact) mass is 290 g/mol. The molecule has 0 aliphatic heterocycles. The standard InChI is InChI=1S/C18H30N2O/c1-4-9-19-13-16-5-7-18(8-6-16)21-11-10-20(3)14-17-12-15(17)2/h5-8,15,17,19H,4,9-14H2,1-3H3. The van der Waals surface area contributed by atoms with E-state index in [9.17, 15) is 0 Å². The molecule has 0 heterocycles. The minimum absolute atomic E-state index is 0.769. The highest BCUT2D eigenvalue weighted by Crippen LogP contribution is 2.37. The molecule has 21 heavy (non-hydrogen) atoms. The van der Waals surface area contributed by atoms with Crippen molar-refractivity contribution in [1.29, 1.82) is 0 Å². The van der Waals surface area contributed by atoms with E-state index in [2.05, 4.69) is 55.4 Å². The molecule has 2 atom stereocenters. The lowest BCUT2D eigenvalue weighted by atomic mass is 10.2. The number of hydrogen-bond donors (Lipinski definition) is 1. The number of ether oxygens (including phenoxy) is 1. The van der Waals surface area contributed by atoms with Crippen molar-refractivity contribution in [2.45, 2.75) is 33.2 Å². The molecule has 0 saturated heterocycles. The maximum atomic E-state index is 5.82. The van der Waals surface area contributed by atoms with E-state index in [1.807, 2.05) is 0 Å². The second-order valence-corrected chi connectivity index (χ2v) is 6.40. The SMILES string of the molecule is CCCNCc1ccc(OCCN(C)CC2CC2C)cc1. The molecule has 1 aliphatic carbocycles. The molecule has 0 aromatic heterocycles. The first-order chi connectivity index (χ1) is 10.2. The summed E-state index contributed by atoms with van der Waals surface area (Å²) in [6.07, 6.45) is 2.58. The second kappa shape index (κ2) is 8.40. The zero-order chi connectivity index (χ0) is 15.1. The van der Waals surface area contributed by atoms with Crippen LogP contribution in [0, 0.1) is 11.8 Å². The van der Waals surface area contributed by atoms with Crippen molar-refractivity contribution in [1.82, 2.24) is 10.2 Å². The Morgan fingerprint density at radius 2 is 2.00 bits per heavy atom. The normalized spacial score (nSPS) is 20.8. The molecule has 0 radical (unpaired) electrons. The molecule has 1 aromatic carbocycles. The molecule has 2 rings (SSSR count). The lowest BCUT2D eigenvalue weighted by Crippen LogP contribution is -2.26. The molecule has 118 valence electrons. The summed E-state index contributed by atoms with van der Waals surface area (Å²) in [6.45, 7) is 9.53. The summed E-state index contributed by atoms with van der Waals surface area (Å²) in [5.74, 6) is 2.83. The molecule has 0 amide bonds. The van der Waals surface area contributed by atoms with Gasteiger partial charge in [0.15, 0.2) is 0 Å². The summed E-state index contributed by atoms with van der Waals surface area (Å²) in [7, 11) is 2.19. The fraction of sp³-hybridized carbons (Fsp3) is 0.667. The summed E-state index contributed by atoms with van der Waals surface area (Å²) in [4.78, 5) is 2.39. The quantitative estimate of drug-likeness (QED) is 0.670. The highest BCUT2D eigenvalue weighted by Gasteiger charge is 2.32. The first-order valence-corrected chi connectivity index (χ1v) is 8.30. The Kier molecular flexibility index (Phi) is 6.52. The van der Waals surface area contributed by atoms with Gasteiger partial charge in [-0.3, -0.25) is 0 Å². The summed E-state index contributed by atoms with van der Waals surface area (Å²) < 4.78 is 5.82. The van der Waals surface area contributed by atoms with Gasteiger partial charge in [0.2, 0.25) is 0 Å². The Balaban J connectivity index is 1.61. The van der Waals surface area contributed by atoms with E-state index in [0.29, 0.717) is 0 Å². The van der Waals surface area contributed by atoms with E-state index < -0.39 is 0 Å². The minimum atomic E-state index is 0.769. The van der Waals surface area contributed by atoms with E-state index in [4.69, 9.17) is 4.74 Å².